The van der Waals surface area contributed by atoms with E-state index in [2.05, 4.69) is 41.5 Å². The minimum absolute atomic E-state index is 0.0620. The van der Waals surface area contributed by atoms with Crippen LogP contribution >= 0.6 is 0 Å². The number of rotatable bonds is 7. The van der Waals surface area contributed by atoms with Gasteiger partial charge in [0, 0.05) is 0 Å². The van der Waals surface area contributed by atoms with Gasteiger partial charge in [-0.3, -0.25) is 4.79 Å². The van der Waals surface area contributed by atoms with Crippen molar-refractivity contribution >= 4 is 5.97 Å². The predicted molar refractivity (Wildman–Crippen MR) is 77.4 cm³/mol. The van der Waals surface area contributed by atoms with E-state index in [-0.39, 0.29) is 16.8 Å². The van der Waals surface area contributed by atoms with Crippen LogP contribution in [0.2, 0.25) is 0 Å². The molecule has 0 N–H and O–H groups in total. The number of carbonyl (C=O) groups is 1. The predicted octanol–water partition coefficient (Wildman–Crippen LogP) is 4.67. The van der Waals surface area contributed by atoms with E-state index in [4.69, 9.17) is 4.74 Å². The summed E-state index contributed by atoms with van der Waals surface area (Å²) >= 11 is 0. The summed E-state index contributed by atoms with van der Waals surface area (Å²) in [5.74, 6) is 1.08. The Balaban J connectivity index is 4.33. The first-order chi connectivity index (χ1) is 7.96. The SMILES string of the molecule is CC(C)CC(C)(C)COC(=O)C(C)(C)CC(C)C. The topological polar surface area (TPSA) is 26.3 Å². The van der Waals surface area contributed by atoms with E-state index in [0.717, 1.165) is 12.8 Å². The number of carbonyl (C=O) groups excluding carboxylic acids is 1. The van der Waals surface area contributed by atoms with Gasteiger partial charge in [0.05, 0.1) is 12.0 Å². The molecule has 2 heteroatoms. The molecule has 18 heavy (non-hydrogen) atoms. The van der Waals surface area contributed by atoms with Crippen molar-refractivity contribution in [2.24, 2.45) is 22.7 Å². The fourth-order valence-corrected chi connectivity index (χ4v) is 2.72. The lowest BCUT2D eigenvalue weighted by Gasteiger charge is -2.30. The van der Waals surface area contributed by atoms with E-state index in [1.54, 1.807) is 0 Å². The summed E-state index contributed by atoms with van der Waals surface area (Å²) in [4.78, 5) is 12.1. The Kier molecular flexibility index (Phi) is 6.39. The molecular weight excluding hydrogens is 224 g/mol. The number of hydrogen-bond donors (Lipinski definition) is 0. The third-order valence-corrected chi connectivity index (χ3v) is 3.03. The zero-order valence-electron chi connectivity index (χ0n) is 13.6. The van der Waals surface area contributed by atoms with Crippen LogP contribution in [0.25, 0.3) is 0 Å². The molecule has 0 aromatic carbocycles. The van der Waals surface area contributed by atoms with Gasteiger partial charge in [0.25, 0.3) is 0 Å². The first-order valence-electron chi connectivity index (χ1n) is 7.13. The fourth-order valence-electron chi connectivity index (χ4n) is 2.72. The summed E-state index contributed by atoms with van der Waals surface area (Å²) < 4.78 is 5.53. The van der Waals surface area contributed by atoms with Gasteiger partial charge in [-0.05, 0) is 43.9 Å². The molecular formula is C16H32O2. The van der Waals surface area contributed by atoms with Gasteiger partial charge in [-0.15, -0.1) is 0 Å². The first-order valence-corrected chi connectivity index (χ1v) is 7.13. The molecule has 0 fully saturated rings. The smallest absolute Gasteiger partial charge is 0.311 e. The van der Waals surface area contributed by atoms with Crippen molar-refractivity contribution in [3.8, 4) is 0 Å². The molecule has 0 aromatic heterocycles. The molecule has 0 saturated carbocycles. The molecule has 0 atom stereocenters. The van der Waals surface area contributed by atoms with Crippen LogP contribution in [0, 0.1) is 22.7 Å². The number of esters is 1. The fraction of sp³-hybridized carbons (Fsp3) is 0.938. The maximum atomic E-state index is 12.1. The standard InChI is InChI=1S/C16H32O2/c1-12(2)9-15(5,6)11-18-14(17)16(7,8)10-13(3)4/h12-13H,9-11H2,1-8H3. The second-order valence-electron chi connectivity index (χ2n) is 7.82. The summed E-state index contributed by atoms with van der Waals surface area (Å²) in [5.41, 5.74) is -0.306. The van der Waals surface area contributed by atoms with Crippen LogP contribution in [-0.2, 0) is 9.53 Å². The summed E-state index contributed by atoms with van der Waals surface area (Å²) in [6.07, 6.45) is 1.95. The zero-order valence-corrected chi connectivity index (χ0v) is 13.6. The monoisotopic (exact) mass is 256 g/mol. The maximum Gasteiger partial charge on any atom is 0.311 e. The highest BCUT2D eigenvalue weighted by Crippen LogP contribution is 2.30. The normalized spacial score (nSPS) is 13.2. The second-order valence-corrected chi connectivity index (χ2v) is 7.82. The highest BCUT2D eigenvalue weighted by atomic mass is 16.5. The number of hydrogen-bond acceptors (Lipinski definition) is 2. The molecule has 0 saturated heterocycles. The Morgan fingerprint density at radius 1 is 0.944 bits per heavy atom. The molecule has 0 aliphatic heterocycles. The molecule has 0 spiro atoms. The molecule has 0 bridgehead atoms. The van der Waals surface area contributed by atoms with Gasteiger partial charge >= 0.3 is 5.97 Å². The van der Waals surface area contributed by atoms with Gasteiger partial charge in [-0.2, -0.15) is 0 Å². The van der Waals surface area contributed by atoms with Crippen molar-refractivity contribution in [2.45, 2.75) is 68.2 Å². The van der Waals surface area contributed by atoms with Crippen LogP contribution in [0.5, 0.6) is 0 Å². The van der Waals surface area contributed by atoms with Crippen molar-refractivity contribution in [3.05, 3.63) is 0 Å². The van der Waals surface area contributed by atoms with Crippen LogP contribution in [0.3, 0.4) is 0 Å². The van der Waals surface area contributed by atoms with Crippen LogP contribution in [0.15, 0.2) is 0 Å². The van der Waals surface area contributed by atoms with Crippen molar-refractivity contribution in [2.75, 3.05) is 6.61 Å². The van der Waals surface area contributed by atoms with Crippen molar-refractivity contribution in [1.29, 1.82) is 0 Å². The second kappa shape index (κ2) is 6.58. The van der Waals surface area contributed by atoms with Gasteiger partial charge in [0.2, 0.25) is 0 Å². The van der Waals surface area contributed by atoms with Crippen LogP contribution < -0.4 is 0 Å². The van der Waals surface area contributed by atoms with Crippen molar-refractivity contribution in [3.63, 3.8) is 0 Å². The Labute approximate surface area is 113 Å². The molecule has 0 aromatic rings. The van der Waals surface area contributed by atoms with Gasteiger partial charge in [-0.25, -0.2) is 0 Å². The Bertz CT molecular complexity index is 262. The van der Waals surface area contributed by atoms with E-state index in [0.29, 0.717) is 18.4 Å². The van der Waals surface area contributed by atoms with E-state index in [9.17, 15) is 4.79 Å². The molecule has 0 heterocycles. The van der Waals surface area contributed by atoms with E-state index < -0.39 is 0 Å². The average molecular weight is 256 g/mol. The lowest BCUT2D eigenvalue weighted by molar-refractivity contribution is -0.158. The Morgan fingerprint density at radius 2 is 1.39 bits per heavy atom. The third kappa shape index (κ3) is 7.03. The Hall–Kier alpha value is -0.530. The summed E-state index contributed by atoms with van der Waals surface area (Å²) in [7, 11) is 0. The van der Waals surface area contributed by atoms with Gasteiger partial charge in [0.15, 0.2) is 0 Å². The summed E-state index contributed by atoms with van der Waals surface area (Å²) in [6, 6.07) is 0. The highest BCUT2D eigenvalue weighted by Gasteiger charge is 2.32. The molecule has 0 rings (SSSR count). The summed E-state index contributed by atoms with van der Waals surface area (Å²) in [5, 5.41) is 0. The molecule has 0 aliphatic rings. The molecule has 2 nitrogen and oxygen atoms in total. The summed E-state index contributed by atoms with van der Waals surface area (Å²) in [6.45, 7) is 17.5. The average Bonchev–Trinajstić information content (AvgIpc) is 2.09. The van der Waals surface area contributed by atoms with Gasteiger partial charge in [-0.1, -0.05) is 41.5 Å². The Morgan fingerprint density at radius 3 is 1.78 bits per heavy atom. The number of ether oxygens (including phenoxy) is 1. The van der Waals surface area contributed by atoms with Crippen LogP contribution in [-0.4, -0.2) is 12.6 Å². The molecule has 0 aliphatic carbocycles. The van der Waals surface area contributed by atoms with Gasteiger partial charge in [0.1, 0.15) is 0 Å². The van der Waals surface area contributed by atoms with Gasteiger partial charge < -0.3 is 4.74 Å². The molecule has 0 radical (unpaired) electrons. The first kappa shape index (κ1) is 17.5. The lowest BCUT2D eigenvalue weighted by Crippen LogP contribution is -2.32. The third-order valence-electron chi connectivity index (χ3n) is 3.03. The molecule has 0 unspecified atom stereocenters. The quantitative estimate of drug-likeness (QED) is 0.618. The van der Waals surface area contributed by atoms with E-state index in [1.165, 1.54) is 0 Å². The molecule has 108 valence electrons. The minimum Gasteiger partial charge on any atom is -0.465 e. The maximum absolute atomic E-state index is 12.1. The lowest BCUT2D eigenvalue weighted by atomic mass is 9.83. The van der Waals surface area contributed by atoms with E-state index >= 15 is 0 Å². The molecule has 0 amide bonds. The van der Waals surface area contributed by atoms with Crippen molar-refractivity contribution < 1.29 is 9.53 Å². The highest BCUT2D eigenvalue weighted by molar-refractivity contribution is 5.75. The van der Waals surface area contributed by atoms with Crippen LogP contribution in [0.1, 0.15) is 68.2 Å². The zero-order chi connectivity index (χ0) is 14.6. The minimum atomic E-state index is -0.373. The van der Waals surface area contributed by atoms with E-state index in [1.807, 2.05) is 13.8 Å². The van der Waals surface area contributed by atoms with Crippen LogP contribution in [0.4, 0.5) is 0 Å². The van der Waals surface area contributed by atoms with Crippen molar-refractivity contribution in [1.82, 2.24) is 0 Å². The largest absolute Gasteiger partial charge is 0.465 e.